The standard InChI is InChI=1S/C23H24ClNO2/c1-26-22-12-8-18(9-13-22)14-15-25-16-20-4-2-3-5-23(20)27-17-19-6-10-21(24)11-7-19/h2-13,25H,14-17H2,1H3. The molecule has 3 nitrogen and oxygen atoms in total. The minimum Gasteiger partial charge on any atom is -0.497 e. The first-order chi connectivity index (χ1) is 13.2. The molecule has 4 heteroatoms. The molecule has 3 aromatic rings. The Bertz CT molecular complexity index is 832. The monoisotopic (exact) mass is 381 g/mol. The number of ether oxygens (including phenoxy) is 2. The molecule has 0 heterocycles. The summed E-state index contributed by atoms with van der Waals surface area (Å²) in [6.45, 7) is 2.20. The van der Waals surface area contributed by atoms with E-state index in [1.807, 2.05) is 54.6 Å². The summed E-state index contributed by atoms with van der Waals surface area (Å²) in [7, 11) is 1.68. The van der Waals surface area contributed by atoms with Crippen molar-refractivity contribution in [3.8, 4) is 11.5 Å². The quantitative estimate of drug-likeness (QED) is 0.513. The Hall–Kier alpha value is -2.49. The zero-order valence-corrected chi connectivity index (χ0v) is 16.2. The number of hydrogen-bond donors (Lipinski definition) is 1. The zero-order valence-electron chi connectivity index (χ0n) is 15.5. The Labute approximate surface area is 165 Å². The van der Waals surface area contributed by atoms with E-state index in [0.717, 1.165) is 47.2 Å². The molecule has 0 saturated heterocycles. The number of para-hydroxylation sites is 1. The average molecular weight is 382 g/mol. The van der Waals surface area contributed by atoms with Crippen LogP contribution in [0.2, 0.25) is 5.02 Å². The highest BCUT2D eigenvalue weighted by Crippen LogP contribution is 2.20. The zero-order chi connectivity index (χ0) is 18.9. The van der Waals surface area contributed by atoms with Gasteiger partial charge in [-0.2, -0.15) is 0 Å². The van der Waals surface area contributed by atoms with Gasteiger partial charge >= 0.3 is 0 Å². The molecular formula is C23H24ClNO2. The number of rotatable bonds is 9. The molecule has 0 spiro atoms. The van der Waals surface area contributed by atoms with E-state index in [0.29, 0.717) is 6.61 Å². The molecular weight excluding hydrogens is 358 g/mol. The number of halogens is 1. The van der Waals surface area contributed by atoms with Crippen LogP contribution in [0, 0.1) is 0 Å². The Kier molecular flexibility index (Phi) is 7.14. The van der Waals surface area contributed by atoms with Crippen molar-refractivity contribution < 1.29 is 9.47 Å². The van der Waals surface area contributed by atoms with Crippen LogP contribution in [0.15, 0.2) is 72.8 Å². The van der Waals surface area contributed by atoms with E-state index in [1.165, 1.54) is 5.56 Å². The fourth-order valence-electron chi connectivity index (χ4n) is 2.78. The second-order valence-corrected chi connectivity index (χ2v) is 6.73. The van der Waals surface area contributed by atoms with Gasteiger partial charge in [-0.05, 0) is 54.4 Å². The topological polar surface area (TPSA) is 30.5 Å². The largest absolute Gasteiger partial charge is 0.497 e. The van der Waals surface area contributed by atoms with Crippen molar-refractivity contribution >= 4 is 11.6 Å². The van der Waals surface area contributed by atoms with Gasteiger partial charge in [-0.25, -0.2) is 0 Å². The summed E-state index contributed by atoms with van der Waals surface area (Å²) >= 11 is 5.93. The molecule has 0 aromatic heterocycles. The summed E-state index contributed by atoms with van der Waals surface area (Å²) in [5.74, 6) is 1.79. The molecule has 0 amide bonds. The van der Waals surface area contributed by atoms with Gasteiger partial charge in [0.2, 0.25) is 0 Å². The predicted octanol–water partition coefficient (Wildman–Crippen LogP) is 5.26. The molecule has 0 saturated carbocycles. The van der Waals surface area contributed by atoms with Crippen LogP contribution in [-0.4, -0.2) is 13.7 Å². The fraction of sp³-hybridized carbons (Fsp3) is 0.217. The van der Waals surface area contributed by atoms with E-state index in [2.05, 4.69) is 23.5 Å². The smallest absolute Gasteiger partial charge is 0.124 e. The Balaban J connectivity index is 1.48. The normalized spacial score (nSPS) is 10.6. The lowest BCUT2D eigenvalue weighted by Gasteiger charge is -2.12. The second kappa shape index (κ2) is 10.0. The van der Waals surface area contributed by atoms with Gasteiger partial charge < -0.3 is 14.8 Å². The highest BCUT2D eigenvalue weighted by atomic mass is 35.5. The molecule has 1 N–H and O–H groups in total. The van der Waals surface area contributed by atoms with Gasteiger partial charge in [-0.3, -0.25) is 0 Å². The molecule has 0 aliphatic rings. The van der Waals surface area contributed by atoms with Crippen LogP contribution in [0.1, 0.15) is 16.7 Å². The first kappa shape index (κ1) is 19.3. The van der Waals surface area contributed by atoms with Gasteiger partial charge in [0.25, 0.3) is 0 Å². The minimum atomic E-state index is 0.528. The van der Waals surface area contributed by atoms with E-state index < -0.39 is 0 Å². The molecule has 3 rings (SSSR count). The summed E-state index contributed by atoms with van der Waals surface area (Å²) in [6.07, 6.45) is 0.970. The third kappa shape index (κ3) is 6.02. The Morgan fingerprint density at radius 2 is 1.56 bits per heavy atom. The lowest BCUT2D eigenvalue weighted by Crippen LogP contribution is -2.17. The molecule has 0 atom stereocenters. The van der Waals surface area contributed by atoms with Crippen molar-refractivity contribution in [1.82, 2.24) is 5.32 Å². The molecule has 0 radical (unpaired) electrons. The lowest BCUT2D eigenvalue weighted by molar-refractivity contribution is 0.302. The lowest BCUT2D eigenvalue weighted by atomic mass is 10.1. The van der Waals surface area contributed by atoms with Gasteiger partial charge in [0.05, 0.1) is 7.11 Å². The van der Waals surface area contributed by atoms with E-state index in [-0.39, 0.29) is 0 Å². The maximum Gasteiger partial charge on any atom is 0.124 e. The number of benzene rings is 3. The third-order valence-corrected chi connectivity index (χ3v) is 4.60. The highest BCUT2D eigenvalue weighted by Gasteiger charge is 2.04. The molecule has 3 aromatic carbocycles. The Morgan fingerprint density at radius 3 is 2.30 bits per heavy atom. The molecule has 0 aliphatic carbocycles. The average Bonchev–Trinajstić information content (AvgIpc) is 2.72. The van der Waals surface area contributed by atoms with Gasteiger partial charge in [0.15, 0.2) is 0 Å². The van der Waals surface area contributed by atoms with Gasteiger partial charge in [0, 0.05) is 17.1 Å². The van der Waals surface area contributed by atoms with Crippen molar-refractivity contribution in [3.63, 3.8) is 0 Å². The van der Waals surface area contributed by atoms with E-state index >= 15 is 0 Å². The number of nitrogens with one attached hydrogen (secondary N) is 1. The second-order valence-electron chi connectivity index (χ2n) is 6.30. The van der Waals surface area contributed by atoms with Crippen LogP contribution < -0.4 is 14.8 Å². The van der Waals surface area contributed by atoms with Gasteiger partial charge in [0.1, 0.15) is 18.1 Å². The SMILES string of the molecule is COc1ccc(CCNCc2ccccc2OCc2ccc(Cl)cc2)cc1. The van der Waals surface area contributed by atoms with Crippen molar-refractivity contribution in [3.05, 3.63) is 94.5 Å². The van der Waals surface area contributed by atoms with Crippen LogP contribution in [0.25, 0.3) is 0 Å². The minimum absolute atomic E-state index is 0.528. The van der Waals surface area contributed by atoms with Crippen molar-refractivity contribution in [1.29, 1.82) is 0 Å². The molecule has 27 heavy (non-hydrogen) atoms. The van der Waals surface area contributed by atoms with Crippen molar-refractivity contribution in [2.24, 2.45) is 0 Å². The summed E-state index contributed by atoms with van der Waals surface area (Å²) in [6, 6.07) is 24.1. The maximum absolute atomic E-state index is 6.01. The van der Waals surface area contributed by atoms with Crippen LogP contribution >= 0.6 is 11.6 Å². The first-order valence-electron chi connectivity index (χ1n) is 9.03. The van der Waals surface area contributed by atoms with Crippen molar-refractivity contribution in [2.75, 3.05) is 13.7 Å². The predicted molar refractivity (Wildman–Crippen MR) is 111 cm³/mol. The molecule has 140 valence electrons. The molecule has 0 aliphatic heterocycles. The van der Waals surface area contributed by atoms with Crippen LogP contribution in [-0.2, 0) is 19.6 Å². The van der Waals surface area contributed by atoms with Crippen LogP contribution in [0.3, 0.4) is 0 Å². The highest BCUT2D eigenvalue weighted by molar-refractivity contribution is 6.30. The summed E-state index contributed by atoms with van der Waals surface area (Å²) in [5, 5.41) is 4.23. The maximum atomic E-state index is 6.01. The first-order valence-corrected chi connectivity index (χ1v) is 9.41. The van der Waals surface area contributed by atoms with Gasteiger partial charge in [-0.15, -0.1) is 0 Å². The fourth-order valence-corrected chi connectivity index (χ4v) is 2.91. The summed E-state index contributed by atoms with van der Waals surface area (Å²) < 4.78 is 11.2. The molecule has 0 fully saturated rings. The van der Waals surface area contributed by atoms with E-state index in [1.54, 1.807) is 7.11 Å². The third-order valence-electron chi connectivity index (χ3n) is 4.35. The summed E-state index contributed by atoms with van der Waals surface area (Å²) in [4.78, 5) is 0. The van der Waals surface area contributed by atoms with Crippen molar-refractivity contribution in [2.45, 2.75) is 19.6 Å². The van der Waals surface area contributed by atoms with Crippen LogP contribution in [0.5, 0.6) is 11.5 Å². The molecule has 0 unspecified atom stereocenters. The summed E-state index contributed by atoms with van der Waals surface area (Å²) in [5.41, 5.74) is 3.54. The number of methoxy groups -OCH3 is 1. The van der Waals surface area contributed by atoms with Crippen LogP contribution in [0.4, 0.5) is 0 Å². The van der Waals surface area contributed by atoms with Gasteiger partial charge in [-0.1, -0.05) is 54.1 Å². The number of hydrogen-bond acceptors (Lipinski definition) is 3. The molecule has 0 bridgehead atoms. The Morgan fingerprint density at radius 1 is 0.852 bits per heavy atom. The van der Waals surface area contributed by atoms with E-state index in [4.69, 9.17) is 21.1 Å². The van der Waals surface area contributed by atoms with E-state index in [9.17, 15) is 0 Å².